The third-order valence-electron chi connectivity index (χ3n) is 6.03. The van der Waals surface area contributed by atoms with Gasteiger partial charge in [-0.05, 0) is 83.2 Å². The maximum atomic E-state index is 13.1. The molecule has 9 nitrogen and oxygen atoms in total. The third-order valence-corrected chi connectivity index (χ3v) is 6.03. The summed E-state index contributed by atoms with van der Waals surface area (Å²) in [6.07, 6.45) is 4.01. The van der Waals surface area contributed by atoms with Gasteiger partial charge in [-0.2, -0.15) is 0 Å². The van der Waals surface area contributed by atoms with E-state index in [0.29, 0.717) is 40.6 Å². The van der Waals surface area contributed by atoms with Crippen LogP contribution in [0.1, 0.15) is 53.3 Å². The van der Waals surface area contributed by atoms with Crippen molar-refractivity contribution in [3.05, 3.63) is 41.5 Å². The zero-order valence-electron chi connectivity index (χ0n) is 20.6. The van der Waals surface area contributed by atoms with Crippen LogP contribution in [0.3, 0.4) is 0 Å². The maximum Gasteiger partial charge on any atom is 0.261 e. The van der Waals surface area contributed by atoms with E-state index >= 15 is 0 Å². The van der Waals surface area contributed by atoms with Gasteiger partial charge in [0.05, 0.1) is 6.54 Å². The summed E-state index contributed by atoms with van der Waals surface area (Å²) < 4.78 is 0. The molecule has 0 spiro atoms. The monoisotopic (exact) mass is 482 g/mol. The van der Waals surface area contributed by atoms with Crippen LogP contribution < -0.4 is 27.0 Å². The molecule has 35 heavy (non-hydrogen) atoms. The molecule has 0 fully saturated rings. The number of rotatable bonds is 16. The summed E-state index contributed by atoms with van der Waals surface area (Å²) in [6, 6.07) is 8.66. The lowest BCUT2D eigenvalue weighted by Gasteiger charge is -2.28. The molecule has 0 bridgehead atoms. The first-order valence-corrected chi connectivity index (χ1v) is 12.6. The van der Waals surface area contributed by atoms with E-state index in [1.807, 2.05) is 0 Å². The molecule has 0 atom stereocenters. The highest BCUT2D eigenvalue weighted by atomic mass is 16.2. The van der Waals surface area contributed by atoms with Crippen LogP contribution in [-0.2, 0) is 4.79 Å². The van der Waals surface area contributed by atoms with Crippen LogP contribution in [0.25, 0.3) is 10.8 Å². The van der Waals surface area contributed by atoms with Gasteiger partial charge in [-0.15, -0.1) is 0 Å². The smallest absolute Gasteiger partial charge is 0.261 e. The molecule has 1 aliphatic heterocycles. The molecule has 0 saturated heterocycles. The highest BCUT2D eigenvalue weighted by molar-refractivity contribution is 6.27. The van der Waals surface area contributed by atoms with Crippen molar-refractivity contribution in [2.24, 2.45) is 5.73 Å². The van der Waals surface area contributed by atoms with Crippen LogP contribution in [0.15, 0.2) is 30.3 Å². The molecule has 6 N–H and O–H groups in total. The SMILES string of the molecule is CCCNCCCNCCCNCCCN1C(=O)c2cccc3c(NC(=O)CN)ccc(c23)C1=O. The number of nitrogens with one attached hydrogen (secondary N) is 4. The van der Waals surface area contributed by atoms with Crippen molar-refractivity contribution in [3.8, 4) is 0 Å². The van der Waals surface area contributed by atoms with Crippen LogP contribution in [-0.4, -0.2) is 75.0 Å². The molecule has 0 aliphatic carbocycles. The van der Waals surface area contributed by atoms with Gasteiger partial charge in [-0.1, -0.05) is 19.1 Å². The highest BCUT2D eigenvalue weighted by Gasteiger charge is 2.32. The molecule has 2 aromatic carbocycles. The Labute approximate surface area is 207 Å². The number of amides is 3. The van der Waals surface area contributed by atoms with Crippen molar-refractivity contribution in [1.29, 1.82) is 0 Å². The highest BCUT2D eigenvalue weighted by Crippen LogP contribution is 2.34. The van der Waals surface area contributed by atoms with Crippen molar-refractivity contribution in [2.45, 2.75) is 32.6 Å². The number of imide groups is 1. The van der Waals surface area contributed by atoms with E-state index in [-0.39, 0.29) is 24.3 Å². The molecule has 0 saturated carbocycles. The predicted octanol–water partition coefficient (Wildman–Crippen LogP) is 1.68. The van der Waals surface area contributed by atoms with Gasteiger partial charge in [0.25, 0.3) is 11.8 Å². The fourth-order valence-electron chi connectivity index (χ4n) is 4.25. The average Bonchev–Trinajstić information content (AvgIpc) is 2.87. The van der Waals surface area contributed by atoms with Crippen molar-refractivity contribution in [2.75, 3.05) is 57.7 Å². The second-order valence-electron chi connectivity index (χ2n) is 8.71. The van der Waals surface area contributed by atoms with E-state index in [1.165, 1.54) is 11.3 Å². The predicted molar refractivity (Wildman–Crippen MR) is 140 cm³/mol. The van der Waals surface area contributed by atoms with E-state index in [9.17, 15) is 14.4 Å². The molecule has 190 valence electrons. The number of benzene rings is 2. The third kappa shape index (κ3) is 7.08. The normalized spacial score (nSPS) is 13.0. The van der Waals surface area contributed by atoms with Gasteiger partial charge < -0.3 is 27.0 Å². The Kier molecular flexibility index (Phi) is 10.6. The minimum absolute atomic E-state index is 0.143. The summed E-state index contributed by atoms with van der Waals surface area (Å²) in [7, 11) is 0. The minimum Gasteiger partial charge on any atom is -0.324 e. The number of carbonyl (C=O) groups is 3. The van der Waals surface area contributed by atoms with Crippen LogP contribution in [0.2, 0.25) is 0 Å². The molecule has 0 unspecified atom stereocenters. The Morgan fingerprint density at radius 3 is 2.06 bits per heavy atom. The first-order chi connectivity index (χ1) is 17.1. The van der Waals surface area contributed by atoms with E-state index in [4.69, 9.17) is 5.73 Å². The molecule has 0 aromatic heterocycles. The van der Waals surface area contributed by atoms with Crippen LogP contribution >= 0.6 is 0 Å². The number of nitrogens with zero attached hydrogens (tertiary/aromatic N) is 1. The van der Waals surface area contributed by atoms with Gasteiger partial charge in [0, 0.05) is 34.1 Å². The van der Waals surface area contributed by atoms with E-state index in [1.54, 1.807) is 30.3 Å². The summed E-state index contributed by atoms with van der Waals surface area (Å²) in [6.45, 7) is 8.13. The molecule has 9 heteroatoms. The summed E-state index contributed by atoms with van der Waals surface area (Å²) >= 11 is 0. The van der Waals surface area contributed by atoms with Gasteiger partial charge in [0.2, 0.25) is 5.91 Å². The Morgan fingerprint density at radius 2 is 1.43 bits per heavy atom. The number of nitrogens with two attached hydrogens (primary N) is 1. The second-order valence-corrected chi connectivity index (χ2v) is 8.71. The first-order valence-electron chi connectivity index (χ1n) is 12.6. The van der Waals surface area contributed by atoms with Crippen molar-refractivity contribution >= 4 is 34.2 Å². The largest absolute Gasteiger partial charge is 0.324 e. The lowest BCUT2D eigenvalue weighted by atomic mass is 9.93. The number of hydrogen-bond acceptors (Lipinski definition) is 7. The fraction of sp³-hybridized carbons (Fsp3) is 0.500. The van der Waals surface area contributed by atoms with Crippen molar-refractivity contribution in [1.82, 2.24) is 20.9 Å². The van der Waals surface area contributed by atoms with E-state index in [2.05, 4.69) is 28.2 Å². The van der Waals surface area contributed by atoms with Gasteiger partial charge in [0.1, 0.15) is 0 Å². The minimum atomic E-state index is -0.330. The summed E-state index contributed by atoms with van der Waals surface area (Å²) in [5.74, 6) is -0.926. The van der Waals surface area contributed by atoms with Gasteiger partial charge in [-0.25, -0.2) is 0 Å². The van der Waals surface area contributed by atoms with Crippen LogP contribution in [0.4, 0.5) is 5.69 Å². The Morgan fingerprint density at radius 1 is 0.829 bits per heavy atom. The summed E-state index contributed by atoms with van der Waals surface area (Å²) in [5, 5.41) is 14.2. The maximum absolute atomic E-state index is 13.1. The quantitative estimate of drug-likeness (QED) is 0.182. The number of anilines is 1. The van der Waals surface area contributed by atoms with Gasteiger partial charge >= 0.3 is 0 Å². The summed E-state index contributed by atoms with van der Waals surface area (Å²) in [5.41, 5.74) is 6.91. The molecule has 2 aromatic rings. The Balaban J connectivity index is 1.45. The fourth-order valence-corrected chi connectivity index (χ4v) is 4.25. The van der Waals surface area contributed by atoms with Crippen LogP contribution in [0, 0.1) is 0 Å². The first kappa shape index (κ1) is 26.7. The lowest BCUT2D eigenvalue weighted by molar-refractivity contribution is -0.114. The summed E-state index contributed by atoms with van der Waals surface area (Å²) in [4.78, 5) is 39.3. The topological polar surface area (TPSA) is 129 Å². The van der Waals surface area contributed by atoms with Crippen LogP contribution in [0.5, 0.6) is 0 Å². The van der Waals surface area contributed by atoms with Gasteiger partial charge in [0.15, 0.2) is 0 Å². The molecule has 0 radical (unpaired) electrons. The van der Waals surface area contributed by atoms with Gasteiger partial charge in [-0.3, -0.25) is 19.3 Å². The van der Waals surface area contributed by atoms with Crippen molar-refractivity contribution in [3.63, 3.8) is 0 Å². The number of hydrogen-bond donors (Lipinski definition) is 5. The standard InChI is InChI=1S/C26H38N6O3/c1-2-11-28-12-4-13-29-14-5-15-30-16-6-17-32-25(34)20-8-3-7-19-22(31-23(33)18-27)10-9-21(24(19)20)26(32)35/h3,7-10,28-30H,2,4-6,11-18,27H2,1H3,(H,31,33). The van der Waals surface area contributed by atoms with E-state index < -0.39 is 0 Å². The second kappa shape index (κ2) is 13.9. The molecule has 1 aliphatic rings. The Bertz CT molecular complexity index is 1000. The molecule has 1 heterocycles. The van der Waals surface area contributed by atoms with E-state index in [0.717, 1.165) is 52.1 Å². The molecular weight excluding hydrogens is 444 g/mol. The molecule has 3 amide bonds. The molecule has 3 rings (SSSR count). The Hall–Kier alpha value is -2.85. The molecular formula is C26H38N6O3. The lowest BCUT2D eigenvalue weighted by Crippen LogP contribution is -2.41. The number of carbonyl (C=O) groups excluding carboxylic acids is 3. The average molecular weight is 483 g/mol. The van der Waals surface area contributed by atoms with Crippen molar-refractivity contribution < 1.29 is 14.4 Å². The zero-order chi connectivity index (χ0) is 25.0. The zero-order valence-corrected chi connectivity index (χ0v) is 20.6.